The van der Waals surface area contributed by atoms with Crippen molar-refractivity contribution < 1.29 is 9.53 Å². The Hall–Kier alpha value is -2.33. The summed E-state index contributed by atoms with van der Waals surface area (Å²) in [6.45, 7) is 0.426. The number of amides is 1. The van der Waals surface area contributed by atoms with Gasteiger partial charge < -0.3 is 15.8 Å². The number of hydrogen-bond donors (Lipinski definition) is 2. The van der Waals surface area contributed by atoms with Gasteiger partial charge in [0.15, 0.2) is 0 Å². The Balaban J connectivity index is 1.67. The second-order valence-electron chi connectivity index (χ2n) is 5.20. The van der Waals surface area contributed by atoms with Crippen LogP contribution in [0.25, 0.3) is 0 Å². The number of benzene rings is 2. The number of anilines is 1. The van der Waals surface area contributed by atoms with E-state index in [0.29, 0.717) is 13.0 Å². The standard InChI is InChI=1S/C17H18N2O2/c18-15(11-21-14-4-2-1-3-5-14)12-6-8-16-13(10-12)7-9-17(20)19-16/h1-6,8,10,15H,7,9,11,18H2,(H,19,20). The smallest absolute Gasteiger partial charge is 0.224 e. The summed E-state index contributed by atoms with van der Waals surface area (Å²) in [5, 5.41) is 2.87. The third kappa shape index (κ3) is 3.23. The summed E-state index contributed by atoms with van der Waals surface area (Å²) < 4.78 is 5.69. The SMILES string of the molecule is NC(COc1ccccc1)c1ccc2c(c1)CCC(=O)N2. The van der Waals surface area contributed by atoms with Crippen LogP contribution in [0.1, 0.15) is 23.6 Å². The summed E-state index contributed by atoms with van der Waals surface area (Å²) in [6, 6.07) is 15.4. The molecule has 0 saturated carbocycles. The number of ether oxygens (including phenoxy) is 1. The average molecular weight is 282 g/mol. The molecule has 21 heavy (non-hydrogen) atoms. The first kappa shape index (κ1) is 13.6. The minimum atomic E-state index is -0.187. The van der Waals surface area contributed by atoms with E-state index in [0.717, 1.165) is 29.0 Å². The summed E-state index contributed by atoms with van der Waals surface area (Å²) >= 11 is 0. The minimum Gasteiger partial charge on any atom is -0.492 e. The third-order valence-electron chi connectivity index (χ3n) is 3.63. The van der Waals surface area contributed by atoms with Gasteiger partial charge in [0, 0.05) is 12.1 Å². The van der Waals surface area contributed by atoms with Crippen LogP contribution in [-0.4, -0.2) is 12.5 Å². The largest absolute Gasteiger partial charge is 0.492 e. The topological polar surface area (TPSA) is 64.3 Å². The lowest BCUT2D eigenvalue weighted by molar-refractivity contribution is -0.116. The van der Waals surface area contributed by atoms with E-state index in [1.807, 2.05) is 42.5 Å². The molecule has 1 atom stereocenters. The zero-order chi connectivity index (χ0) is 14.7. The molecule has 0 radical (unpaired) electrons. The Labute approximate surface area is 123 Å². The molecule has 3 rings (SSSR count). The number of rotatable bonds is 4. The highest BCUT2D eigenvalue weighted by molar-refractivity contribution is 5.93. The summed E-state index contributed by atoms with van der Waals surface area (Å²) in [6.07, 6.45) is 1.30. The van der Waals surface area contributed by atoms with Crippen molar-refractivity contribution in [3.8, 4) is 5.75 Å². The molecule has 0 saturated heterocycles. The molecule has 1 aliphatic heterocycles. The van der Waals surface area contributed by atoms with Crippen molar-refractivity contribution in [1.29, 1.82) is 0 Å². The quantitative estimate of drug-likeness (QED) is 0.906. The zero-order valence-corrected chi connectivity index (χ0v) is 11.7. The Bertz CT molecular complexity index is 640. The van der Waals surface area contributed by atoms with Crippen molar-refractivity contribution in [3.05, 3.63) is 59.7 Å². The van der Waals surface area contributed by atoms with Gasteiger partial charge in [-0.3, -0.25) is 4.79 Å². The molecule has 0 spiro atoms. The zero-order valence-electron chi connectivity index (χ0n) is 11.7. The van der Waals surface area contributed by atoms with Crippen molar-refractivity contribution in [2.24, 2.45) is 5.73 Å². The maximum atomic E-state index is 11.3. The molecular weight excluding hydrogens is 264 g/mol. The van der Waals surface area contributed by atoms with Gasteiger partial charge in [-0.2, -0.15) is 0 Å². The molecule has 0 bridgehead atoms. The van der Waals surface area contributed by atoms with Gasteiger partial charge in [-0.15, -0.1) is 0 Å². The highest BCUT2D eigenvalue weighted by atomic mass is 16.5. The molecule has 2 aromatic rings. The van der Waals surface area contributed by atoms with Crippen molar-refractivity contribution in [3.63, 3.8) is 0 Å². The van der Waals surface area contributed by atoms with Gasteiger partial charge in [0.1, 0.15) is 12.4 Å². The van der Waals surface area contributed by atoms with Gasteiger partial charge in [-0.05, 0) is 35.7 Å². The van der Waals surface area contributed by atoms with E-state index in [1.54, 1.807) is 0 Å². The molecule has 0 fully saturated rings. The van der Waals surface area contributed by atoms with E-state index in [4.69, 9.17) is 10.5 Å². The summed E-state index contributed by atoms with van der Waals surface area (Å²) in [5.74, 6) is 0.894. The van der Waals surface area contributed by atoms with E-state index in [9.17, 15) is 4.79 Å². The molecule has 4 nitrogen and oxygen atoms in total. The van der Waals surface area contributed by atoms with Crippen LogP contribution in [0.2, 0.25) is 0 Å². The fourth-order valence-electron chi connectivity index (χ4n) is 2.43. The van der Waals surface area contributed by atoms with Crippen LogP contribution in [0.15, 0.2) is 48.5 Å². The maximum absolute atomic E-state index is 11.3. The molecule has 108 valence electrons. The van der Waals surface area contributed by atoms with Crippen LogP contribution in [0, 0.1) is 0 Å². The predicted octanol–water partition coefficient (Wildman–Crippen LogP) is 2.65. The molecule has 1 aliphatic rings. The average Bonchev–Trinajstić information content (AvgIpc) is 2.53. The first-order valence-corrected chi connectivity index (χ1v) is 7.08. The Morgan fingerprint density at radius 1 is 1.14 bits per heavy atom. The molecule has 1 unspecified atom stereocenters. The van der Waals surface area contributed by atoms with Crippen molar-refractivity contribution in [2.45, 2.75) is 18.9 Å². The van der Waals surface area contributed by atoms with Gasteiger partial charge in [-0.25, -0.2) is 0 Å². The third-order valence-corrected chi connectivity index (χ3v) is 3.63. The lowest BCUT2D eigenvalue weighted by atomic mass is 9.98. The van der Waals surface area contributed by atoms with Crippen LogP contribution in [0.5, 0.6) is 5.75 Å². The highest BCUT2D eigenvalue weighted by Crippen LogP contribution is 2.25. The van der Waals surface area contributed by atoms with Crippen molar-refractivity contribution in [1.82, 2.24) is 0 Å². The number of para-hydroxylation sites is 1. The molecular formula is C17H18N2O2. The van der Waals surface area contributed by atoms with Crippen molar-refractivity contribution in [2.75, 3.05) is 11.9 Å². The minimum absolute atomic E-state index is 0.0759. The lowest BCUT2D eigenvalue weighted by Gasteiger charge is -2.20. The van der Waals surface area contributed by atoms with Crippen molar-refractivity contribution >= 4 is 11.6 Å². The van der Waals surface area contributed by atoms with E-state index in [-0.39, 0.29) is 11.9 Å². The van der Waals surface area contributed by atoms with Gasteiger partial charge in [-0.1, -0.05) is 30.3 Å². The van der Waals surface area contributed by atoms with Gasteiger partial charge in [0.25, 0.3) is 0 Å². The van der Waals surface area contributed by atoms with Gasteiger partial charge in [0.05, 0.1) is 6.04 Å². The van der Waals surface area contributed by atoms with E-state index < -0.39 is 0 Å². The lowest BCUT2D eigenvalue weighted by Crippen LogP contribution is -2.22. The molecule has 1 amide bonds. The first-order chi connectivity index (χ1) is 10.2. The van der Waals surface area contributed by atoms with Crippen LogP contribution < -0.4 is 15.8 Å². The molecule has 4 heteroatoms. The Morgan fingerprint density at radius 2 is 1.95 bits per heavy atom. The summed E-state index contributed by atoms with van der Waals surface area (Å²) in [4.78, 5) is 11.3. The van der Waals surface area contributed by atoms with Gasteiger partial charge in [0.2, 0.25) is 5.91 Å². The highest BCUT2D eigenvalue weighted by Gasteiger charge is 2.16. The van der Waals surface area contributed by atoms with Crippen LogP contribution in [-0.2, 0) is 11.2 Å². The summed E-state index contributed by atoms with van der Waals surface area (Å²) in [5.41, 5.74) is 9.26. The molecule has 1 heterocycles. The molecule has 0 aromatic heterocycles. The Kier molecular flexibility index (Phi) is 3.88. The number of hydrogen-bond acceptors (Lipinski definition) is 3. The second kappa shape index (κ2) is 5.97. The number of carbonyl (C=O) groups excluding carboxylic acids is 1. The number of carbonyl (C=O) groups is 1. The van der Waals surface area contributed by atoms with Crippen LogP contribution in [0.4, 0.5) is 5.69 Å². The monoisotopic (exact) mass is 282 g/mol. The number of nitrogens with one attached hydrogen (secondary N) is 1. The van der Waals surface area contributed by atoms with Gasteiger partial charge >= 0.3 is 0 Å². The van der Waals surface area contributed by atoms with Crippen LogP contribution in [0.3, 0.4) is 0 Å². The second-order valence-corrected chi connectivity index (χ2v) is 5.20. The number of aryl methyl sites for hydroxylation is 1. The van der Waals surface area contributed by atoms with E-state index in [2.05, 4.69) is 11.4 Å². The summed E-state index contributed by atoms with van der Waals surface area (Å²) in [7, 11) is 0. The first-order valence-electron chi connectivity index (χ1n) is 7.08. The molecule has 3 N–H and O–H groups in total. The number of fused-ring (bicyclic) bond motifs is 1. The normalized spacial score (nSPS) is 15.0. The predicted molar refractivity (Wildman–Crippen MR) is 82.3 cm³/mol. The van der Waals surface area contributed by atoms with E-state index >= 15 is 0 Å². The number of nitrogens with two attached hydrogens (primary N) is 1. The molecule has 2 aromatic carbocycles. The van der Waals surface area contributed by atoms with E-state index in [1.165, 1.54) is 0 Å². The Morgan fingerprint density at radius 3 is 2.76 bits per heavy atom. The fraction of sp³-hybridized carbons (Fsp3) is 0.235. The molecule has 0 aliphatic carbocycles. The maximum Gasteiger partial charge on any atom is 0.224 e. The van der Waals surface area contributed by atoms with Crippen LogP contribution >= 0.6 is 0 Å². The fourth-order valence-corrected chi connectivity index (χ4v) is 2.43.